The molecule has 6 nitrogen and oxygen atoms in total. The minimum absolute atomic E-state index is 0.157. The Bertz CT molecular complexity index is 952. The molecule has 2 aliphatic heterocycles. The van der Waals surface area contributed by atoms with Crippen LogP contribution in [0, 0.1) is 0 Å². The van der Waals surface area contributed by atoms with E-state index in [0.29, 0.717) is 30.1 Å². The van der Waals surface area contributed by atoms with Crippen molar-refractivity contribution in [1.29, 1.82) is 0 Å². The van der Waals surface area contributed by atoms with Gasteiger partial charge in [0, 0.05) is 38.4 Å². The number of amides is 2. The van der Waals surface area contributed by atoms with Crippen LogP contribution in [0.1, 0.15) is 11.1 Å². The molecule has 2 amide bonds. The van der Waals surface area contributed by atoms with Gasteiger partial charge in [-0.2, -0.15) is 0 Å². The largest absolute Gasteiger partial charge is 0.322 e. The summed E-state index contributed by atoms with van der Waals surface area (Å²) in [6, 6.07) is 15.4. The molecule has 148 valence electrons. The first kappa shape index (κ1) is 19.0. The molecule has 7 heteroatoms. The van der Waals surface area contributed by atoms with E-state index in [1.165, 1.54) is 5.56 Å². The molecule has 0 saturated carbocycles. The van der Waals surface area contributed by atoms with Gasteiger partial charge in [0.15, 0.2) is 9.84 Å². The Morgan fingerprint density at radius 1 is 1.00 bits per heavy atom. The van der Waals surface area contributed by atoms with Gasteiger partial charge in [0.25, 0.3) is 0 Å². The summed E-state index contributed by atoms with van der Waals surface area (Å²) in [4.78, 5) is 17.1. The van der Waals surface area contributed by atoms with Crippen molar-refractivity contribution in [2.45, 2.75) is 17.7 Å². The number of nitrogens with zero attached hydrogens (tertiary/aromatic N) is 2. The molecule has 0 unspecified atom stereocenters. The standard InChI is InChI=1S/C21H25N3O3S/c25-21(22-19-7-6-18-9-15-28(26,27)20(18)16-19)24-13-11-23(12-14-24)10-8-17-4-2-1-3-5-17/h1-7,16H,8-15H2,(H,22,25). The molecular formula is C21H25N3O3S. The second-order valence-corrected chi connectivity index (χ2v) is 9.46. The highest BCUT2D eigenvalue weighted by Gasteiger charge is 2.27. The molecule has 28 heavy (non-hydrogen) atoms. The van der Waals surface area contributed by atoms with Crippen molar-refractivity contribution in [3.63, 3.8) is 0 Å². The quantitative estimate of drug-likeness (QED) is 0.857. The SMILES string of the molecule is O=C(Nc1ccc2c(c1)S(=O)(=O)CC2)N1CCN(CCc2ccccc2)CC1. The third kappa shape index (κ3) is 4.20. The lowest BCUT2D eigenvalue weighted by atomic mass is 10.1. The van der Waals surface area contributed by atoms with E-state index < -0.39 is 9.84 Å². The monoisotopic (exact) mass is 399 g/mol. The van der Waals surface area contributed by atoms with Crippen LogP contribution < -0.4 is 5.32 Å². The Labute approximate surface area is 166 Å². The zero-order valence-electron chi connectivity index (χ0n) is 15.8. The first-order valence-corrected chi connectivity index (χ1v) is 11.3. The lowest BCUT2D eigenvalue weighted by Crippen LogP contribution is -2.50. The highest BCUT2D eigenvalue weighted by molar-refractivity contribution is 7.91. The summed E-state index contributed by atoms with van der Waals surface area (Å²) in [6.45, 7) is 4.02. The highest BCUT2D eigenvalue weighted by atomic mass is 32.2. The van der Waals surface area contributed by atoms with Gasteiger partial charge in [-0.25, -0.2) is 13.2 Å². The summed E-state index contributed by atoms with van der Waals surface area (Å²) >= 11 is 0. The Morgan fingerprint density at radius 2 is 1.75 bits per heavy atom. The van der Waals surface area contributed by atoms with Crippen LogP contribution in [0.2, 0.25) is 0 Å². The molecule has 0 aromatic heterocycles. The molecule has 1 saturated heterocycles. The number of nitrogens with one attached hydrogen (secondary N) is 1. The van der Waals surface area contributed by atoms with E-state index in [1.54, 1.807) is 23.1 Å². The second-order valence-electron chi connectivity index (χ2n) is 7.39. The number of hydrogen-bond donors (Lipinski definition) is 1. The lowest BCUT2D eigenvalue weighted by Gasteiger charge is -2.34. The molecule has 0 atom stereocenters. The molecule has 0 aliphatic carbocycles. The normalized spacial score (nSPS) is 18.6. The molecule has 2 aromatic rings. The summed E-state index contributed by atoms with van der Waals surface area (Å²) in [7, 11) is -3.20. The third-order valence-corrected chi connectivity index (χ3v) is 7.30. The zero-order chi connectivity index (χ0) is 19.6. The fourth-order valence-corrected chi connectivity index (χ4v) is 5.38. The number of hydrogen-bond acceptors (Lipinski definition) is 4. The van der Waals surface area contributed by atoms with E-state index in [4.69, 9.17) is 0 Å². The Morgan fingerprint density at radius 3 is 2.50 bits per heavy atom. The van der Waals surface area contributed by atoms with Crippen LogP contribution >= 0.6 is 0 Å². The van der Waals surface area contributed by atoms with E-state index in [0.717, 1.165) is 31.6 Å². The van der Waals surface area contributed by atoms with Gasteiger partial charge in [-0.1, -0.05) is 36.4 Å². The molecule has 0 spiro atoms. The van der Waals surface area contributed by atoms with Gasteiger partial charge in [-0.05, 0) is 36.1 Å². The van der Waals surface area contributed by atoms with Gasteiger partial charge < -0.3 is 10.2 Å². The number of fused-ring (bicyclic) bond motifs is 1. The van der Waals surface area contributed by atoms with E-state index in [1.807, 2.05) is 6.07 Å². The van der Waals surface area contributed by atoms with Crippen molar-refractivity contribution in [2.24, 2.45) is 0 Å². The van der Waals surface area contributed by atoms with Gasteiger partial charge in [0.1, 0.15) is 0 Å². The maximum absolute atomic E-state index is 12.6. The van der Waals surface area contributed by atoms with Crippen LogP contribution in [0.25, 0.3) is 0 Å². The summed E-state index contributed by atoms with van der Waals surface area (Å²) in [6.07, 6.45) is 1.56. The minimum atomic E-state index is -3.20. The molecule has 1 N–H and O–H groups in total. The molecule has 0 bridgehead atoms. The highest BCUT2D eigenvalue weighted by Crippen LogP contribution is 2.28. The van der Waals surface area contributed by atoms with E-state index >= 15 is 0 Å². The molecule has 2 heterocycles. The maximum atomic E-state index is 12.6. The summed E-state index contributed by atoms with van der Waals surface area (Å²) < 4.78 is 24.1. The maximum Gasteiger partial charge on any atom is 0.321 e. The van der Waals surface area contributed by atoms with Crippen molar-refractivity contribution in [1.82, 2.24) is 9.80 Å². The second kappa shape index (κ2) is 7.93. The Kier molecular flexibility index (Phi) is 5.37. The van der Waals surface area contributed by atoms with Crippen molar-refractivity contribution < 1.29 is 13.2 Å². The Hall–Kier alpha value is -2.38. The number of urea groups is 1. The molecule has 4 rings (SSSR count). The molecule has 2 aromatic carbocycles. The molecular weight excluding hydrogens is 374 g/mol. The van der Waals surface area contributed by atoms with Gasteiger partial charge in [0.05, 0.1) is 10.6 Å². The number of piperazine rings is 1. The lowest BCUT2D eigenvalue weighted by molar-refractivity contribution is 0.148. The van der Waals surface area contributed by atoms with Crippen molar-refractivity contribution in [3.05, 3.63) is 59.7 Å². The van der Waals surface area contributed by atoms with Crippen LogP contribution in [0.4, 0.5) is 10.5 Å². The molecule has 1 fully saturated rings. The fourth-order valence-electron chi connectivity index (χ4n) is 3.79. The van der Waals surface area contributed by atoms with Gasteiger partial charge in [-0.15, -0.1) is 0 Å². The van der Waals surface area contributed by atoms with Crippen molar-refractivity contribution in [2.75, 3.05) is 43.8 Å². The number of rotatable bonds is 4. The number of anilines is 1. The summed E-state index contributed by atoms with van der Waals surface area (Å²) in [5.41, 5.74) is 2.71. The van der Waals surface area contributed by atoms with E-state index in [-0.39, 0.29) is 11.8 Å². The smallest absolute Gasteiger partial charge is 0.321 e. The van der Waals surface area contributed by atoms with Crippen LogP contribution in [0.5, 0.6) is 0 Å². The average molecular weight is 400 g/mol. The average Bonchev–Trinajstić information content (AvgIpc) is 3.02. The topological polar surface area (TPSA) is 69.7 Å². The number of carbonyl (C=O) groups is 1. The van der Waals surface area contributed by atoms with Crippen LogP contribution in [-0.2, 0) is 22.7 Å². The number of carbonyl (C=O) groups excluding carboxylic acids is 1. The van der Waals surface area contributed by atoms with Crippen LogP contribution in [-0.4, -0.2) is 62.7 Å². The van der Waals surface area contributed by atoms with E-state index in [9.17, 15) is 13.2 Å². The number of sulfone groups is 1. The van der Waals surface area contributed by atoms with Crippen molar-refractivity contribution in [3.8, 4) is 0 Å². The minimum Gasteiger partial charge on any atom is -0.322 e. The molecule has 0 radical (unpaired) electrons. The predicted molar refractivity (Wildman–Crippen MR) is 109 cm³/mol. The van der Waals surface area contributed by atoms with Crippen LogP contribution in [0.3, 0.4) is 0 Å². The number of aryl methyl sites for hydroxylation is 1. The predicted octanol–water partition coefficient (Wildman–Crippen LogP) is 2.41. The van der Waals surface area contributed by atoms with Crippen molar-refractivity contribution >= 4 is 21.6 Å². The Balaban J connectivity index is 1.29. The first-order chi connectivity index (χ1) is 13.5. The fraction of sp³-hybridized carbons (Fsp3) is 0.381. The van der Waals surface area contributed by atoms with Gasteiger partial charge in [0.2, 0.25) is 0 Å². The summed E-state index contributed by atoms with van der Waals surface area (Å²) in [5.74, 6) is 0.157. The van der Waals surface area contributed by atoms with E-state index in [2.05, 4.69) is 34.5 Å². The van der Waals surface area contributed by atoms with Gasteiger partial charge in [-0.3, -0.25) is 4.90 Å². The van der Waals surface area contributed by atoms with Gasteiger partial charge >= 0.3 is 6.03 Å². The van der Waals surface area contributed by atoms with Crippen LogP contribution in [0.15, 0.2) is 53.4 Å². The summed E-state index contributed by atoms with van der Waals surface area (Å²) in [5, 5.41) is 2.86. The number of benzene rings is 2. The third-order valence-electron chi connectivity index (χ3n) is 5.51. The first-order valence-electron chi connectivity index (χ1n) is 9.69. The molecule has 2 aliphatic rings. The zero-order valence-corrected chi connectivity index (χ0v) is 16.6.